The number of rotatable bonds is 21. The lowest BCUT2D eigenvalue weighted by Crippen LogP contribution is -2.44. The second-order valence-electron chi connectivity index (χ2n) is 9.51. The van der Waals surface area contributed by atoms with Crippen LogP contribution in [0.5, 0.6) is 5.75 Å². The molecule has 0 saturated heterocycles. The molecule has 6 heteroatoms. The van der Waals surface area contributed by atoms with E-state index in [1.165, 1.54) is 94.8 Å². The Kier molecular flexibility index (Phi) is 17.7. The van der Waals surface area contributed by atoms with Gasteiger partial charge >= 0.3 is 6.03 Å². The molecule has 6 nitrogen and oxygen atoms in total. The zero-order valence-electron chi connectivity index (χ0n) is 21.5. The fourth-order valence-electron chi connectivity index (χ4n) is 4.16. The molecule has 0 saturated carbocycles. The maximum absolute atomic E-state index is 12.1. The first-order valence-electron chi connectivity index (χ1n) is 13.6. The monoisotopic (exact) mass is 475 g/mol. The Morgan fingerprint density at radius 2 is 1.21 bits per heavy atom. The van der Waals surface area contributed by atoms with E-state index in [2.05, 4.69) is 12.2 Å². The lowest BCUT2D eigenvalue weighted by atomic mass is 10.0. The number of nitrogens with one attached hydrogen (secondary N) is 1. The summed E-state index contributed by atoms with van der Waals surface area (Å²) in [6.07, 6.45) is 21.1. The van der Waals surface area contributed by atoms with Crippen LogP contribution in [0.2, 0.25) is 0 Å². The molecule has 0 aliphatic rings. The summed E-state index contributed by atoms with van der Waals surface area (Å²) in [5.74, 6) is -0.00761. The van der Waals surface area contributed by atoms with Gasteiger partial charge in [0.05, 0.1) is 13.1 Å². The van der Waals surface area contributed by atoms with Crippen molar-refractivity contribution in [1.82, 2.24) is 10.2 Å². The zero-order chi connectivity index (χ0) is 24.9. The van der Waals surface area contributed by atoms with Crippen molar-refractivity contribution in [2.75, 3.05) is 13.2 Å². The number of unbranched alkanes of at least 4 members (excludes halogenated alkanes) is 15. The van der Waals surface area contributed by atoms with E-state index in [4.69, 9.17) is 5.73 Å². The first-order chi connectivity index (χ1) is 16.5. The quantitative estimate of drug-likeness (QED) is 0.137. The molecule has 0 aliphatic carbocycles. The van der Waals surface area contributed by atoms with Gasteiger partial charge in [0.1, 0.15) is 5.75 Å². The number of hydrogen-bond acceptors (Lipinski definition) is 3. The summed E-state index contributed by atoms with van der Waals surface area (Å²) in [6.45, 7) is 2.96. The van der Waals surface area contributed by atoms with Crippen LogP contribution in [0.15, 0.2) is 24.3 Å². The van der Waals surface area contributed by atoms with Crippen LogP contribution in [0.3, 0.4) is 0 Å². The molecular formula is C28H49N3O3. The minimum atomic E-state index is -0.508. The van der Waals surface area contributed by atoms with Gasteiger partial charge in [-0.1, -0.05) is 115 Å². The predicted molar refractivity (Wildman–Crippen MR) is 141 cm³/mol. The van der Waals surface area contributed by atoms with Gasteiger partial charge in [0.25, 0.3) is 0 Å². The molecule has 1 rings (SSSR count). The summed E-state index contributed by atoms with van der Waals surface area (Å²) in [5.41, 5.74) is 6.27. The van der Waals surface area contributed by atoms with E-state index in [9.17, 15) is 14.7 Å². The minimum Gasteiger partial charge on any atom is -0.508 e. The van der Waals surface area contributed by atoms with Gasteiger partial charge in [0.2, 0.25) is 5.91 Å². The first kappa shape index (κ1) is 29.8. The Morgan fingerprint density at radius 3 is 1.65 bits per heavy atom. The standard InChI is InChI=1S/C28H49N3O3/c1-2-3-4-5-6-7-8-9-10-11-12-13-14-15-16-17-22-31(28(29)34)24-30-27(33)23-25-18-20-26(32)21-19-25/h18-21,32H,2-17,22-24H2,1H3,(H2,29,34)(H,30,33). The fraction of sp³-hybridized carbons (Fsp3) is 0.714. The highest BCUT2D eigenvalue weighted by molar-refractivity contribution is 5.79. The van der Waals surface area contributed by atoms with Gasteiger partial charge in [-0.3, -0.25) is 4.79 Å². The van der Waals surface area contributed by atoms with Gasteiger partial charge in [-0.25, -0.2) is 4.79 Å². The molecule has 0 fully saturated rings. The van der Waals surface area contributed by atoms with Gasteiger partial charge in [-0.05, 0) is 24.1 Å². The number of primary amides is 1. The van der Waals surface area contributed by atoms with E-state index < -0.39 is 6.03 Å². The maximum Gasteiger partial charge on any atom is 0.316 e. The lowest BCUT2D eigenvalue weighted by molar-refractivity contribution is -0.120. The molecule has 0 spiro atoms. The smallest absolute Gasteiger partial charge is 0.316 e. The van der Waals surface area contributed by atoms with Crippen LogP contribution in [-0.2, 0) is 11.2 Å². The third-order valence-electron chi connectivity index (χ3n) is 6.36. The third-order valence-corrected chi connectivity index (χ3v) is 6.36. The van der Waals surface area contributed by atoms with Crippen LogP contribution < -0.4 is 11.1 Å². The largest absolute Gasteiger partial charge is 0.508 e. The Bertz CT molecular complexity index is 649. The Morgan fingerprint density at radius 1 is 0.765 bits per heavy atom. The number of hydrogen-bond donors (Lipinski definition) is 3. The van der Waals surface area contributed by atoms with Crippen LogP contribution in [0.4, 0.5) is 4.79 Å². The molecule has 0 aromatic heterocycles. The molecule has 0 unspecified atom stereocenters. The van der Waals surface area contributed by atoms with E-state index in [-0.39, 0.29) is 24.7 Å². The van der Waals surface area contributed by atoms with E-state index >= 15 is 0 Å². The Labute approximate surface area is 207 Å². The van der Waals surface area contributed by atoms with Gasteiger partial charge in [0.15, 0.2) is 0 Å². The fourth-order valence-corrected chi connectivity index (χ4v) is 4.16. The number of nitrogens with zero attached hydrogens (tertiary/aromatic N) is 1. The molecule has 4 N–H and O–H groups in total. The van der Waals surface area contributed by atoms with Crippen molar-refractivity contribution in [3.63, 3.8) is 0 Å². The summed E-state index contributed by atoms with van der Waals surface area (Å²) in [6, 6.07) is 6.01. The highest BCUT2D eigenvalue weighted by atomic mass is 16.3. The molecule has 0 aliphatic heterocycles. The average Bonchev–Trinajstić information content (AvgIpc) is 2.82. The number of nitrogens with two attached hydrogens (primary N) is 1. The lowest BCUT2D eigenvalue weighted by Gasteiger charge is -2.20. The number of carbonyl (C=O) groups excluding carboxylic acids is 2. The van der Waals surface area contributed by atoms with E-state index in [0.29, 0.717) is 6.54 Å². The van der Waals surface area contributed by atoms with E-state index in [1.807, 2.05) is 0 Å². The Balaban J connectivity index is 1.97. The predicted octanol–water partition coefficient (Wildman–Crippen LogP) is 6.65. The number of amides is 3. The van der Waals surface area contributed by atoms with Crippen molar-refractivity contribution in [2.24, 2.45) is 5.73 Å². The molecular weight excluding hydrogens is 426 g/mol. The van der Waals surface area contributed by atoms with Crippen LogP contribution in [0.1, 0.15) is 115 Å². The molecule has 194 valence electrons. The number of phenols is 1. The summed E-state index contributed by atoms with van der Waals surface area (Å²) >= 11 is 0. The molecule has 0 radical (unpaired) electrons. The third kappa shape index (κ3) is 16.4. The number of urea groups is 1. The SMILES string of the molecule is CCCCCCCCCCCCCCCCCCN(CNC(=O)Cc1ccc(O)cc1)C(N)=O. The van der Waals surface area contributed by atoms with E-state index in [1.54, 1.807) is 24.3 Å². The second kappa shape index (κ2) is 20.2. The molecule has 1 aromatic carbocycles. The Hall–Kier alpha value is -2.24. The summed E-state index contributed by atoms with van der Waals surface area (Å²) < 4.78 is 0. The van der Waals surface area contributed by atoms with Crippen molar-refractivity contribution in [1.29, 1.82) is 0 Å². The highest BCUT2D eigenvalue weighted by Gasteiger charge is 2.11. The topological polar surface area (TPSA) is 95.7 Å². The second-order valence-corrected chi connectivity index (χ2v) is 9.51. The van der Waals surface area contributed by atoms with Crippen molar-refractivity contribution in [3.05, 3.63) is 29.8 Å². The van der Waals surface area contributed by atoms with Crippen molar-refractivity contribution in [2.45, 2.75) is 116 Å². The summed E-state index contributed by atoms with van der Waals surface area (Å²) in [4.78, 5) is 25.2. The maximum atomic E-state index is 12.1. The summed E-state index contributed by atoms with van der Waals surface area (Å²) in [7, 11) is 0. The van der Waals surface area contributed by atoms with E-state index in [0.717, 1.165) is 18.4 Å². The van der Waals surface area contributed by atoms with Gasteiger partial charge in [-0.2, -0.15) is 0 Å². The number of benzene rings is 1. The van der Waals surface area contributed by atoms with Gasteiger partial charge < -0.3 is 21.1 Å². The molecule has 3 amide bonds. The number of carbonyl (C=O) groups is 2. The number of aromatic hydroxyl groups is 1. The zero-order valence-corrected chi connectivity index (χ0v) is 21.5. The van der Waals surface area contributed by atoms with Crippen molar-refractivity contribution in [3.8, 4) is 5.75 Å². The molecule has 34 heavy (non-hydrogen) atoms. The molecule has 0 heterocycles. The van der Waals surface area contributed by atoms with Crippen molar-refractivity contribution >= 4 is 11.9 Å². The molecule has 0 atom stereocenters. The van der Waals surface area contributed by atoms with Gasteiger partial charge in [-0.15, -0.1) is 0 Å². The van der Waals surface area contributed by atoms with Crippen molar-refractivity contribution < 1.29 is 14.7 Å². The van der Waals surface area contributed by atoms with Gasteiger partial charge in [0, 0.05) is 6.54 Å². The van der Waals surface area contributed by atoms with Crippen LogP contribution in [-0.4, -0.2) is 35.2 Å². The van der Waals surface area contributed by atoms with Crippen LogP contribution in [0, 0.1) is 0 Å². The highest BCUT2D eigenvalue weighted by Crippen LogP contribution is 2.14. The molecule has 1 aromatic rings. The normalized spacial score (nSPS) is 10.9. The minimum absolute atomic E-state index is 0.130. The average molecular weight is 476 g/mol. The number of phenolic OH excluding ortho intramolecular Hbond substituents is 1. The van der Waals surface area contributed by atoms with Crippen LogP contribution >= 0.6 is 0 Å². The summed E-state index contributed by atoms with van der Waals surface area (Å²) in [5, 5.41) is 12.1. The van der Waals surface area contributed by atoms with Crippen LogP contribution in [0.25, 0.3) is 0 Å². The molecule has 0 bridgehead atoms. The first-order valence-corrected chi connectivity index (χ1v) is 13.6.